The van der Waals surface area contributed by atoms with Crippen molar-refractivity contribution in [2.45, 2.75) is 51.7 Å². The van der Waals surface area contributed by atoms with Gasteiger partial charge in [-0.1, -0.05) is 23.7 Å². The first-order valence-electron chi connectivity index (χ1n) is 12.0. The van der Waals surface area contributed by atoms with Crippen molar-refractivity contribution in [1.29, 1.82) is 5.26 Å². The Balaban J connectivity index is 1.50. The maximum absolute atomic E-state index is 13.5. The standard InChI is InChI=1S/C27H29ClFN3O5/c1-26(2,3)37-25(35)32-15-23(36-22-13-21(33)19(28)12-20(22)32)24(34)31-10-8-27(16-30,9-11-31)14-17-4-6-18(29)7-5-17/h4-7,12-13,23,33H,8-11,14-15H2,1-3H3. The van der Waals surface area contributed by atoms with Gasteiger partial charge in [0.1, 0.15) is 22.9 Å². The van der Waals surface area contributed by atoms with Crippen LogP contribution in [0.15, 0.2) is 36.4 Å². The smallest absolute Gasteiger partial charge is 0.415 e. The summed E-state index contributed by atoms with van der Waals surface area (Å²) in [5.41, 5.74) is -0.281. The average molecular weight is 530 g/mol. The van der Waals surface area contributed by atoms with Gasteiger partial charge in [0, 0.05) is 19.2 Å². The fourth-order valence-corrected chi connectivity index (χ4v) is 4.75. The zero-order chi connectivity index (χ0) is 27.0. The highest BCUT2D eigenvalue weighted by Crippen LogP contribution is 2.42. The molecule has 0 aliphatic carbocycles. The molecule has 2 heterocycles. The number of nitriles is 1. The Morgan fingerprint density at radius 1 is 1.24 bits per heavy atom. The minimum Gasteiger partial charge on any atom is -0.506 e. The number of piperidine rings is 1. The van der Waals surface area contributed by atoms with Crippen LogP contribution in [0, 0.1) is 22.6 Å². The summed E-state index contributed by atoms with van der Waals surface area (Å²) < 4.78 is 24.7. The fraction of sp³-hybridized carbons (Fsp3) is 0.444. The number of benzene rings is 2. The van der Waals surface area contributed by atoms with E-state index in [1.165, 1.54) is 29.2 Å². The lowest BCUT2D eigenvalue weighted by molar-refractivity contribution is -0.140. The van der Waals surface area contributed by atoms with Crippen LogP contribution in [0.3, 0.4) is 0 Å². The topological polar surface area (TPSA) is 103 Å². The molecule has 2 aliphatic rings. The molecule has 0 aromatic heterocycles. The van der Waals surface area contributed by atoms with Crippen molar-refractivity contribution in [2.75, 3.05) is 24.5 Å². The highest BCUT2D eigenvalue weighted by atomic mass is 35.5. The molecule has 2 aliphatic heterocycles. The van der Waals surface area contributed by atoms with E-state index in [0.29, 0.717) is 38.0 Å². The highest BCUT2D eigenvalue weighted by molar-refractivity contribution is 6.32. The van der Waals surface area contributed by atoms with E-state index in [4.69, 9.17) is 21.1 Å². The SMILES string of the molecule is CC(C)(C)OC(=O)N1CC(C(=O)N2CCC(C#N)(Cc3ccc(F)cc3)CC2)Oc2cc(O)c(Cl)cc21. The van der Waals surface area contributed by atoms with E-state index in [0.717, 1.165) is 5.56 Å². The molecule has 0 bridgehead atoms. The Hall–Kier alpha value is -3.51. The molecular formula is C27H29ClFN3O5. The van der Waals surface area contributed by atoms with Crippen LogP contribution in [0.1, 0.15) is 39.2 Å². The van der Waals surface area contributed by atoms with Gasteiger partial charge < -0.3 is 19.5 Å². The molecular weight excluding hydrogens is 501 g/mol. The first-order valence-corrected chi connectivity index (χ1v) is 12.4. The Labute approximate surface area is 220 Å². The second kappa shape index (κ2) is 10.1. The van der Waals surface area contributed by atoms with Crippen LogP contribution in [-0.2, 0) is 16.0 Å². The number of amides is 2. The molecule has 1 atom stereocenters. The van der Waals surface area contributed by atoms with Gasteiger partial charge in [-0.3, -0.25) is 9.69 Å². The number of phenolic OH excluding ortho intramolecular Hbond substituents is 1. The minimum atomic E-state index is -1.03. The Kier molecular flexibility index (Phi) is 7.24. The molecule has 2 amide bonds. The van der Waals surface area contributed by atoms with Crippen LogP contribution in [0.25, 0.3) is 0 Å². The molecule has 37 heavy (non-hydrogen) atoms. The Morgan fingerprint density at radius 3 is 2.49 bits per heavy atom. The van der Waals surface area contributed by atoms with Crippen molar-refractivity contribution in [1.82, 2.24) is 4.90 Å². The van der Waals surface area contributed by atoms with Gasteiger partial charge in [-0.25, -0.2) is 9.18 Å². The van der Waals surface area contributed by atoms with Crippen LogP contribution >= 0.6 is 11.6 Å². The van der Waals surface area contributed by atoms with Gasteiger partial charge >= 0.3 is 6.09 Å². The zero-order valence-corrected chi connectivity index (χ0v) is 21.7. The molecule has 0 spiro atoms. The summed E-state index contributed by atoms with van der Waals surface area (Å²) in [5, 5.41) is 20.1. The van der Waals surface area contributed by atoms with Crippen molar-refractivity contribution >= 4 is 29.3 Å². The predicted octanol–water partition coefficient (Wildman–Crippen LogP) is 5.06. The predicted molar refractivity (Wildman–Crippen MR) is 135 cm³/mol. The lowest BCUT2D eigenvalue weighted by atomic mass is 9.75. The van der Waals surface area contributed by atoms with Gasteiger partial charge in [0.05, 0.1) is 28.7 Å². The monoisotopic (exact) mass is 529 g/mol. The highest BCUT2D eigenvalue weighted by Gasteiger charge is 2.42. The summed E-state index contributed by atoms with van der Waals surface area (Å²) in [6.07, 6.45) is -0.346. The van der Waals surface area contributed by atoms with E-state index in [1.807, 2.05) is 0 Å². The van der Waals surface area contributed by atoms with E-state index >= 15 is 0 Å². The summed E-state index contributed by atoms with van der Waals surface area (Å²) in [7, 11) is 0. The van der Waals surface area contributed by atoms with Gasteiger partial charge in [-0.2, -0.15) is 5.26 Å². The number of carbonyl (C=O) groups excluding carboxylic acids is 2. The second-order valence-corrected chi connectivity index (χ2v) is 10.9. The van der Waals surface area contributed by atoms with Gasteiger partial charge in [-0.15, -0.1) is 0 Å². The second-order valence-electron chi connectivity index (χ2n) is 10.5. The quantitative estimate of drug-likeness (QED) is 0.596. The maximum atomic E-state index is 13.5. The number of fused-ring (bicyclic) bond motifs is 1. The van der Waals surface area contributed by atoms with Crippen LogP contribution < -0.4 is 9.64 Å². The Bertz CT molecular complexity index is 1230. The molecule has 0 saturated carbocycles. The van der Waals surface area contributed by atoms with Crippen LogP contribution in [-0.4, -0.2) is 53.3 Å². The number of anilines is 1. The number of phenols is 1. The molecule has 1 unspecified atom stereocenters. The number of halogens is 2. The molecule has 196 valence electrons. The number of nitrogens with zero attached hydrogens (tertiary/aromatic N) is 3. The fourth-order valence-electron chi connectivity index (χ4n) is 4.59. The number of likely N-dealkylation sites (tertiary alicyclic amines) is 1. The molecule has 2 aromatic rings. The zero-order valence-electron chi connectivity index (χ0n) is 21.0. The molecule has 8 nitrogen and oxygen atoms in total. The third kappa shape index (κ3) is 5.91. The molecule has 1 saturated heterocycles. The van der Waals surface area contributed by atoms with E-state index in [-0.39, 0.29) is 34.8 Å². The van der Waals surface area contributed by atoms with Gasteiger partial charge in [-0.05, 0) is 63.8 Å². The molecule has 1 fully saturated rings. The normalized spacial score (nSPS) is 18.9. The largest absolute Gasteiger partial charge is 0.506 e. The lowest BCUT2D eigenvalue weighted by Gasteiger charge is -2.41. The van der Waals surface area contributed by atoms with Gasteiger partial charge in [0.15, 0.2) is 6.10 Å². The van der Waals surface area contributed by atoms with E-state index in [2.05, 4.69) is 6.07 Å². The van der Waals surface area contributed by atoms with Gasteiger partial charge in [0.25, 0.3) is 5.91 Å². The first kappa shape index (κ1) is 26.6. The van der Waals surface area contributed by atoms with Crippen LogP contribution in [0.5, 0.6) is 11.5 Å². The number of hydrogen-bond acceptors (Lipinski definition) is 6. The Morgan fingerprint density at radius 2 is 1.89 bits per heavy atom. The lowest BCUT2D eigenvalue weighted by Crippen LogP contribution is -2.54. The summed E-state index contributed by atoms with van der Waals surface area (Å²) >= 11 is 6.07. The van der Waals surface area contributed by atoms with E-state index < -0.39 is 23.2 Å². The number of aromatic hydroxyl groups is 1. The molecule has 10 heteroatoms. The molecule has 1 N–H and O–H groups in total. The summed E-state index contributed by atoms with van der Waals surface area (Å²) in [6.45, 7) is 5.77. The van der Waals surface area contributed by atoms with Crippen molar-refractivity contribution < 1.29 is 28.6 Å². The van der Waals surface area contributed by atoms with Crippen molar-refractivity contribution in [3.05, 3.63) is 52.8 Å². The molecule has 0 radical (unpaired) electrons. The average Bonchev–Trinajstić information content (AvgIpc) is 2.84. The van der Waals surface area contributed by atoms with Crippen LogP contribution in [0.4, 0.5) is 14.9 Å². The maximum Gasteiger partial charge on any atom is 0.415 e. The minimum absolute atomic E-state index is 0.0331. The van der Waals surface area contributed by atoms with Crippen molar-refractivity contribution in [3.8, 4) is 17.6 Å². The summed E-state index contributed by atoms with van der Waals surface area (Å²) in [4.78, 5) is 29.4. The van der Waals surface area contributed by atoms with Crippen LogP contribution in [0.2, 0.25) is 5.02 Å². The third-order valence-electron chi connectivity index (χ3n) is 6.55. The third-order valence-corrected chi connectivity index (χ3v) is 6.85. The number of ether oxygens (including phenoxy) is 2. The van der Waals surface area contributed by atoms with Crippen molar-refractivity contribution in [3.63, 3.8) is 0 Å². The summed E-state index contributed by atoms with van der Waals surface area (Å²) in [6, 6.07) is 11.2. The van der Waals surface area contributed by atoms with E-state index in [1.54, 1.807) is 37.8 Å². The number of rotatable bonds is 3. The van der Waals surface area contributed by atoms with Crippen molar-refractivity contribution in [2.24, 2.45) is 5.41 Å². The van der Waals surface area contributed by atoms with Gasteiger partial charge in [0.2, 0.25) is 0 Å². The number of carbonyl (C=O) groups is 2. The number of hydrogen-bond donors (Lipinski definition) is 1. The van der Waals surface area contributed by atoms with E-state index in [9.17, 15) is 24.3 Å². The molecule has 4 rings (SSSR count). The summed E-state index contributed by atoms with van der Waals surface area (Å²) in [5.74, 6) is -0.769. The molecule has 2 aromatic carbocycles. The first-order chi connectivity index (χ1) is 17.4.